The smallest absolute Gasteiger partial charge is 0.306 e. The summed E-state index contributed by atoms with van der Waals surface area (Å²) < 4.78 is 4.62. The molecule has 0 spiro atoms. The number of pyridine rings is 1. The van der Waals surface area contributed by atoms with E-state index < -0.39 is 0 Å². The van der Waals surface area contributed by atoms with Crippen LogP contribution in [0.25, 0.3) is 0 Å². The van der Waals surface area contributed by atoms with E-state index in [1.807, 2.05) is 37.3 Å². The topological polar surface area (TPSA) is 68.3 Å². The van der Waals surface area contributed by atoms with Gasteiger partial charge in [-0.2, -0.15) is 0 Å². The van der Waals surface area contributed by atoms with Crippen LogP contribution in [0.5, 0.6) is 0 Å². The molecule has 0 fully saturated rings. The number of esters is 1. The lowest BCUT2D eigenvalue weighted by atomic mass is 10.1. The Morgan fingerprint density at radius 2 is 2.00 bits per heavy atom. The molecule has 0 aliphatic heterocycles. The highest BCUT2D eigenvalue weighted by Gasteiger charge is 2.11. The number of hydrogen-bond acceptors (Lipinski definition) is 5. The number of nitrogens with one attached hydrogen (secondary N) is 1. The van der Waals surface area contributed by atoms with Gasteiger partial charge in [0.2, 0.25) is 5.91 Å². The average molecular weight is 344 g/mol. The molecule has 24 heavy (non-hydrogen) atoms. The zero-order chi connectivity index (χ0) is 17.4. The van der Waals surface area contributed by atoms with Crippen molar-refractivity contribution in [2.75, 3.05) is 18.2 Å². The number of ether oxygens (including phenoxy) is 1. The largest absolute Gasteiger partial charge is 0.469 e. The highest BCUT2D eigenvalue weighted by molar-refractivity contribution is 7.99. The first-order valence-corrected chi connectivity index (χ1v) is 8.57. The zero-order valence-corrected chi connectivity index (χ0v) is 14.6. The molecule has 0 aliphatic carbocycles. The summed E-state index contributed by atoms with van der Waals surface area (Å²) in [5.74, 6) is 0.195. The van der Waals surface area contributed by atoms with E-state index in [-0.39, 0.29) is 11.9 Å². The molecule has 1 amide bonds. The number of aromatic nitrogens is 1. The van der Waals surface area contributed by atoms with Crippen LogP contribution in [-0.4, -0.2) is 29.7 Å². The highest BCUT2D eigenvalue weighted by Crippen LogP contribution is 2.25. The molecule has 0 radical (unpaired) electrons. The maximum Gasteiger partial charge on any atom is 0.306 e. The first-order valence-electron chi connectivity index (χ1n) is 7.59. The van der Waals surface area contributed by atoms with Crippen molar-refractivity contribution in [3.8, 4) is 0 Å². The summed E-state index contributed by atoms with van der Waals surface area (Å²) in [5.41, 5.74) is 2.75. The third-order valence-electron chi connectivity index (χ3n) is 3.43. The lowest BCUT2D eigenvalue weighted by Gasteiger charge is -2.10. The van der Waals surface area contributed by atoms with Crippen LogP contribution in [0.1, 0.15) is 17.5 Å². The third-order valence-corrected chi connectivity index (χ3v) is 4.44. The number of rotatable bonds is 7. The molecule has 1 aromatic heterocycles. The van der Waals surface area contributed by atoms with Crippen LogP contribution >= 0.6 is 11.8 Å². The van der Waals surface area contributed by atoms with Gasteiger partial charge in [-0.15, -0.1) is 11.8 Å². The Bertz CT molecular complexity index is 719. The van der Waals surface area contributed by atoms with Gasteiger partial charge >= 0.3 is 5.97 Å². The molecule has 5 nitrogen and oxygen atoms in total. The predicted molar refractivity (Wildman–Crippen MR) is 95.1 cm³/mol. The van der Waals surface area contributed by atoms with Gasteiger partial charge in [0.1, 0.15) is 5.03 Å². The van der Waals surface area contributed by atoms with E-state index in [1.54, 1.807) is 12.3 Å². The quantitative estimate of drug-likeness (QED) is 0.617. The molecule has 0 saturated carbocycles. The van der Waals surface area contributed by atoms with Gasteiger partial charge in [-0.25, -0.2) is 4.98 Å². The fraction of sp³-hybridized carbons (Fsp3) is 0.278. The molecule has 1 heterocycles. The standard InChI is InChI=1S/C18H20N2O3S/c1-13-6-3-4-7-14(13)12-16(21)20-15-8-5-10-19-18(15)24-11-9-17(22)23-2/h3-8,10H,9,11-12H2,1-2H3,(H,20,21). The summed E-state index contributed by atoms with van der Waals surface area (Å²) in [6.45, 7) is 1.99. The fourth-order valence-corrected chi connectivity index (χ4v) is 2.98. The Hall–Kier alpha value is -2.34. The molecular weight excluding hydrogens is 324 g/mol. The number of amides is 1. The van der Waals surface area contributed by atoms with Gasteiger partial charge in [-0.05, 0) is 30.2 Å². The number of anilines is 1. The maximum absolute atomic E-state index is 12.3. The van der Waals surface area contributed by atoms with Crippen LogP contribution < -0.4 is 5.32 Å². The number of aryl methyl sites for hydroxylation is 1. The summed E-state index contributed by atoms with van der Waals surface area (Å²) in [4.78, 5) is 27.7. The number of carbonyl (C=O) groups excluding carboxylic acids is 2. The first kappa shape index (κ1) is 18.0. The average Bonchev–Trinajstić information content (AvgIpc) is 2.58. The molecule has 0 aliphatic rings. The molecule has 0 saturated heterocycles. The van der Waals surface area contributed by atoms with E-state index >= 15 is 0 Å². The maximum atomic E-state index is 12.3. The second-order valence-corrected chi connectivity index (χ2v) is 6.27. The summed E-state index contributed by atoms with van der Waals surface area (Å²) in [6.07, 6.45) is 2.28. The van der Waals surface area contributed by atoms with E-state index in [2.05, 4.69) is 15.0 Å². The van der Waals surface area contributed by atoms with Crippen LogP contribution in [0.3, 0.4) is 0 Å². The molecule has 1 N–H and O–H groups in total. The minimum atomic E-state index is -0.261. The van der Waals surface area contributed by atoms with Crippen molar-refractivity contribution >= 4 is 29.3 Å². The normalized spacial score (nSPS) is 10.2. The predicted octanol–water partition coefficient (Wildman–Crippen LogP) is 3.23. The Kier molecular flexibility index (Phi) is 6.81. The zero-order valence-electron chi connectivity index (χ0n) is 13.7. The second kappa shape index (κ2) is 9.08. The van der Waals surface area contributed by atoms with Gasteiger partial charge in [0.05, 0.1) is 25.6 Å². The van der Waals surface area contributed by atoms with Crippen LogP contribution in [0, 0.1) is 6.92 Å². The Morgan fingerprint density at radius 1 is 1.21 bits per heavy atom. The van der Waals surface area contributed by atoms with Crippen LogP contribution in [0.2, 0.25) is 0 Å². The molecule has 0 bridgehead atoms. The van der Waals surface area contributed by atoms with Crippen LogP contribution in [0.4, 0.5) is 5.69 Å². The van der Waals surface area contributed by atoms with Crippen molar-refractivity contribution in [1.82, 2.24) is 4.98 Å². The SMILES string of the molecule is COC(=O)CCSc1ncccc1NC(=O)Cc1ccccc1C. The van der Waals surface area contributed by atoms with E-state index in [0.29, 0.717) is 29.3 Å². The summed E-state index contributed by atoms with van der Waals surface area (Å²) >= 11 is 1.42. The van der Waals surface area contributed by atoms with Gasteiger partial charge in [0, 0.05) is 11.9 Å². The van der Waals surface area contributed by atoms with Crippen molar-refractivity contribution in [2.45, 2.75) is 24.8 Å². The van der Waals surface area contributed by atoms with E-state index in [9.17, 15) is 9.59 Å². The molecule has 6 heteroatoms. The van der Waals surface area contributed by atoms with E-state index in [1.165, 1.54) is 18.9 Å². The molecule has 2 aromatic rings. The molecule has 0 unspecified atom stereocenters. The van der Waals surface area contributed by atoms with Gasteiger partial charge < -0.3 is 10.1 Å². The molecular formula is C18H20N2O3S. The monoisotopic (exact) mass is 344 g/mol. The van der Waals surface area contributed by atoms with Gasteiger partial charge in [-0.1, -0.05) is 24.3 Å². The van der Waals surface area contributed by atoms with E-state index in [4.69, 9.17) is 0 Å². The van der Waals surface area contributed by atoms with Crippen molar-refractivity contribution < 1.29 is 14.3 Å². The lowest BCUT2D eigenvalue weighted by molar-refractivity contribution is -0.140. The molecule has 126 valence electrons. The highest BCUT2D eigenvalue weighted by atomic mass is 32.2. The Labute approximate surface area is 145 Å². The van der Waals surface area contributed by atoms with Crippen LogP contribution in [0.15, 0.2) is 47.6 Å². The molecule has 1 aromatic carbocycles. The first-order chi connectivity index (χ1) is 11.6. The van der Waals surface area contributed by atoms with Crippen molar-refractivity contribution in [2.24, 2.45) is 0 Å². The van der Waals surface area contributed by atoms with Gasteiger partial charge in [0.15, 0.2) is 0 Å². The Morgan fingerprint density at radius 3 is 2.75 bits per heavy atom. The summed E-state index contributed by atoms with van der Waals surface area (Å²) in [5, 5.41) is 3.59. The third kappa shape index (κ3) is 5.38. The van der Waals surface area contributed by atoms with Crippen molar-refractivity contribution in [3.63, 3.8) is 0 Å². The molecule has 0 atom stereocenters. The number of thioether (sulfide) groups is 1. The lowest BCUT2D eigenvalue weighted by Crippen LogP contribution is -2.16. The van der Waals surface area contributed by atoms with Gasteiger partial charge in [-0.3, -0.25) is 9.59 Å². The Balaban J connectivity index is 1.97. The van der Waals surface area contributed by atoms with Crippen molar-refractivity contribution in [3.05, 3.63) is 53.7 Å². The fourth-order valence-electron chi connectivity index (χ4n) is 2.11. The second-order valence-electron chi connectivity index (χ2n) is 5.18. The van der Waals surface area contributed by atoms with Gasteiger partial charge in [0.25, 0.3) is 0 Å². The number of methoxy groups -OCH3 is 1. The summed E-state index contributed by atoms with van der Waals surface area (Å²) in [7, 11) is 1.37. The number of hydrogen-bond donors (Lipinski definition) is 1. The number of nitrogens with zero attached hydrogens (tertiary/aromatic N) is 1. The minimum absolute atomic E-state index is 0.0906. The minimum Gasteiger partial charge on any atom is -0.469 e. The number of carbonyl (C=O) groups is 2. The van der Waals surface area contributed by atoms with Crippen LogP contribution in [-0.2, 0) is 20.7 Å². The molecule has 2 rings (SSSR count). The number of benzene rings is 1. The summed E-state index contributed by atoms with van der Waals surface area (Å²) in [6, 6.07) is 11.4. The van der Waals surface area contributed by atoms with Crippen molar-refractivity contribution in [1.29, 1.82) is 0 Å². The van der Waals surface area contributed by atoms with E-state index in [0.717, 1.165) is 11.1 Å².